The van der Waals surface area contributed by atoms with Crippen molar-refractivity contribution in [1.82, 2.24) is 9.88 Å². The zero-order valence-electron chi connectivity index (χ0n) is 13.4. The number of aliphatic hydroxyl groups excluding tert-OH is 1. The summed E-state index contributed by atoms with van der Waals surface area (Å²) in [5.74, 6) is -0.920. The van der Waals surface area contributed by atoms with Crippen LogP contribution in [0, 0.1) is 11.7 Å². The first kappa shape index (κ1) is 17.8. The summed E-state index contributed by atoms with van der Waals surface area (Å²) in [5, 5.41) is 10.2. The van der Waals surface area contributed by atoms with E-state index >= 15 is 0 Å². The molecule has 0 radical (unpaired) electrons. The van der Waals surface area contributed by atoms with Gasteiger partial charge in [-0.2, -0.15) is 13.2 Å². The molecule has 1 N–H and O–H groups in total. The van der Waals surface area contributed by atoms with Gasteiger partial charge in [-0.25, -0.2) is 4.39 Å². The third kappa shape index (κ3) is 4.55. The number of benzene rings is 1. The summed E-state index contributed by atoms with van der Waals surface area (Å²) >= 11 is 0. The Morgan fingerprint density at radius 2 is 1.80 bits per heavy atom. The van der Waals surface area contributed by atoms with Crippen molar-refractivity contribution in [1.29, 1.82) is 0 Å². The molecule has 0 saturated carbocycles. The maximum absolute atomic E-state index is 13.5. The molecule has 2 atom stereocenters. The Morgan fingerprint density at radius 3 is 2.48 bits per heavy atom. The molecule has 3 nitrogen and oxygen atoms in total. The molecule has 1 aliphatic rings. The number of nitrogens with zero attached hydrogens (tertiary/aromatic N) is 2. The van der Waals surface area contributed by atoms with Crippen LogP contribution in [0.5, 0.6) is 0 Å². The highest BCUT2D eigenvalue weighted by Crippen LogP contribution is 2.31. The van der Waals surface area contributed by atoms with Gasteiger partial charge in [0.25, 0.3) is 0 Å². The molecule has 0 amide bonds. The minimum atomic E-state index is -4.58. The number of aromatic nitrogens is 1. The third-order valence-electron chi connectivity index (χ3n) is 4.42. The van der Waals surface area contributed by atoms with E-state index in [9.17, 15) is 22.7 Å². The number of hydrogen-bond donors (Lipinski definition) is 1. The average Bonchev–Trinajstić information content (AvgIpc) is 2.86. The standard InChI is InChI=1S/C18H18F4N2O/c19-16-7-13(6-15(8-16)18(20,21)22)9-24-10-14(17(25)11-24)5-12-1-3-23-4-2-12/h1-4,6-8,14,17,25H,5,9-11H2/t14-,17-/m1/s1. The predicted molar refractivity (Wildman–Crippen MR) is 84.1 cm³/mol. The second-order valence-electron chi connectivity index (χ2n) is 6.43. The third-order valence-corrected chi connectivity index (χ3v) is 4.42. The van der Waals surface area contributed by atoms with E-state index in [4.69, 9.17) is 0 Å². The lowest BCUT2D eigenvalue weighted by molar-refractivity contribution is -0.137. The van der Waals surface area contributed by atoms with Gasteiger partial charge in [-0.1, -0.05) is 0 Å². The van der Waals surface area contributed by atoms with Crippen molar-refractivity contribution in [2.75, 3.05) is 13.1 Å². The van der Waals surface area contributed by atoms with Crippen molar-refractivity contribution in [3.63, 3.8) is 0 Å². The molecule has 134 valence electrons. The van der Waals surface area contributed by atoms with E-state index in [1.54, 1.807) is 12.4 Å². The van der Waals surface area contributed by atoms with E-state index in [1.807, 2.05) is 17.0 Å². The van der Waals surface area contributed by atoms with Gasteiger partial charge in [0.1, 0.15) is 5.82 Å². The van der Waals surface area contributed by atoms with E-state index in [-0.39, 0.29) is 18.0 Å². The Hall–Kier alpha value is -1.99. The molecule has 25 heavy (non-hydrogen) atoms. The first-order valence-electron chi connectivity index (χ1n) is 7.97. The number of alkyl halides is 3. The molecule has 0 aliphatic carbocycles. The number of hydrogen-bond acceptors (Lipinski definition) is 3. The highest BCUT2D eigenvalue weighted by molar-refractivity contribution is 5.27. The van der Waals surface area contributed by atoms with E-state index < -0.39 is 23.7 Å². The van der Waals surface area contributed by atoms with Gasteiger partial charge in [0.2, 0.25) is 0 Å². The average molecular weight is 354 g/mol. The monoisotopic (exact) mass is 354 g/mol. The summed E-state index contributed by atoms with van der Waals surface area (Å²) < 4.78 is 51.9. The summed E-state index contributed by atoms with van der Waals surface area (Å²) in [6.07, 6.45) is -1.12. The summed E-state index contributed by atoms with van der Waals surface area (Å²) in [7, 11) is 0. The van der Waals surface area contributed by atoms with Crippen molar-refractivity contribution < 1.29 is 22.7 Å². The second-order valence-corrected chi connectivity index (χ2v) is 6.43. The lowest BCUT2D eigenvalue weighted by Crippen LogP contribution is -2.22. The van der Waals surface area contributed by atoms with Gasteiger partial charge < -0.3 is 5.11 Å². The molecule has 1 aromatic heterocycles. The molecule has 3 rings (SSSR count). The van der Waals surface area contributed by atoms with Gasteiger partial charge in [-0.3, -0.25) is 9.88 Å². The molecule has 0 bridgehead atoms. The lowest BCUT2D eigenvalue weighted by Gasteiger charge is -2.17. The number of likely N-dealkylation sites (tertiary alicyclic amines) is 1. The zero-order chi connectivity index (χ0) is 18.0. The molecule has 2 heterocycles. The van der Waals surface area contributed by atoms with Crippen molar-refractivity contribution in [2.24, 2.45) is 5.92 Å². The lowest BCUT2D eigenvalue weighted by atomic mass is 9.97. The molecule has 0 spiro atoms. The highest BCUT2D eigenvalue weighted by Gasteiger charge is 2.33. The van der Waals surface area contributed by atoms with Crippen molar-refractivity contribution in [3.8, 4) is 0 Å². The predicted octanol–water partition coefficient (Wildman–Crippen LogP) is 3.27. The van der Waals surface area contributed by atoms with Crippen molar-refractivity contribution in [2.45, 2.75) is 25.2 Å². The number of aliphatic hydroxyl groups is 1. The number of halogens is 4. The summed E-state index contributed by atoms with van der Waals surface area (Å²) in [4.78, 5) is 5.80. The molecular weight excluding hydrogens is 336 g/mol. The highest BCUT2D eigenvalue weighted by atomic mass is 19.4. The van der Waals surface area contributed by atoms with Gasteiger partial charge in [0, 0.05) is 37.9 Å². The fourth-order valence-corrected chi connectivity index (χ4v) is 3.26. The first-order chi connectivity index (χ1) is 11.8. The van der Waals surface area contributed by atoms with Crippen molar-refractivity contribution in [3.05, 3.63) is 65.2 Å². The Morgan fingerprint density at radius 1 is 1.08 bits per heavy atom. The first-order valence-corrected chi connectivity index (χ1v) is 7.97. The normalized spacial score (nSPS) is 21.6. The van der Waals surface area contributed by atoms with Crippen LogP contribution in [-0.4, -0.2) is 34.2 Å². The van der Waals surface area contributed by atoms with Gasteiger partial charge in [-0.15, -0.1) is 0 Å². The zero-order valence-corrected chi connectivity index (χ0v) is 13.4. The Labute approximate surface area is 142 Å². The Balaban J connectivity index is 1.67. The Bertz CT molecular complexity index is 721. The van der Waals surface area contributed by atoms with Gasteiger partial charge >= 0.3 is 6.18 Å². The smallest absolute Gasteiger partial charge is 0.391 e. The summed E-state index contributed by atoms with van der Waals surface area (Å²) in [5.41, 5.74) is 0.311. The molecule has 0 unspecified atom stereocenters. The minimum absolute atomic E-state index is 0.0157. The molecule has 2 aromatic rings. The topological polar surface area (TPSA) is 36.4 Å². The van der Waals surface area contributed by atoms with Crippen LogP contribution in [0.15, 0.2) is 42.7 Å². The molecule has 1 aliphatic heterocycles. The summed E-state index contributed by atoms with van der Waals surface area (Å²) in [6, 6.07) is 6.31. The van der Waals surface area contributed by atoms with Crippen LogP contribution in [0.25, 0.3) is 0 Å². The van der Waals surface area contributed by atoms with E-state index in [0.29, 0.717) is 25.6 Å². The van der Waals surface area contributed by atoms with E-state index in [0.717, 1.165) is 17.7 Å². The SMILES string of the molecule is O[C@@H]1CN(Cc2cc(F)cc(C(F)(F)F)c2)C[C@H]1Cc1ccncc1. The van der Waals surface area contributed by atoms with Crippen LogP contribution in [0.4, 0.5) is 17.6 Å². The fraction of sp³-hybridized carbons (Fsp3) is 0.389. The number of pyridine rings is 1. The molecule has 1 aromatic carbocycles. The van der Waals surface area contributed by atoms with Crippen LogP contribution in [0.2, 0.25) is 0 Å². The van der Waals surface area contributed by atoms with Crippen LogP contribution < -0.4 is 0 Å². The van der Waals surface area contributed by atoms with Crippen molar-refractivity contribution >= 4 is 0 Å². The maximum atomic E-state index is 13.5. The van der Waals surface area contributed by atoms with E-state index in [1.165, 1.54) is 0 Å². The van der Waals surface area contributed by atoms with Gasteiger partial charge in [0.15, 0.2) is 0 Å². The van der Waals surface area contributed by atoms with Gasteiger partial charge in [-0.05, 0) is 47.9 Å². The van der Waals surface area contributed by atoms with Crippen LogP contribution >= 0.6 is 0 Å². The molecule has 1 saturated heterocycles. The molecule has 1 fully saturated rings. The number of rotatable bonds is 4. The quantitative estimate of drug-likeness (QED) is 0.856. The van der Waals surface area contributed by atoms with Crippen LogP contribution in [0.1, 0.15) is 16.7 Å². The van der Waals surface area contributed by atoms with E-state index in [2.05, 4.69) is 4.98 Å². The number of β-amino-alcohol motifs (C(OH)–C–C–N with tert-alkyl or cyclic N) is 1. The molecule has 7 heteroatoms. The largest absolute Gasteiger partial charge is 0.416 e. The summed E-state index contributed by atoms with van der Waals surface area (Å²) in [6.45, 7) is 1.07. The second kappa shape index (κ2) is 7.09. The molecular formula is C18H18F4N2O. The van der Waals surface area contributed by atoms with Gasteiger partial charge in [0.05, 0.1) is 11.7 Å². The van der Waals surface area contributed by atoms with Crippen LogP contribution in [-0.2, 0) is 19.1 Å². The maximum Gasteiger partial charge on any atom is 0.416 e. The fourth-order valence-electron chi connectivity index (χ4n) is 3.26. The van der Waals surface area contributed by atoms with Crippen LogP contribution in [0.3, 0.4) is 0 Å². The minimum Gasteiger partial charge on any atom is -0.391 e. The Kier molecular flexibility index (Phi) is 5.06.